The molecule has 1 fully saturated rings. The van der Waals surface area contributed by atoms with Crippen molar-refractivity contribution in [2.75, 3.05) is 0 Å². The molecule has 0 atom stereocenters. The first-order valence-electron chi connectivity index (χ1n) is 4.34. The van der Waals surface area contributed by atoms with E-state index in [0.29, 0.717) is 0 Å². The Morgan fingerprint density at radius 2 is 1.93 bits per heavy atom. The van der Waals surface area contributed by atoms with E-state index in [2.05, 4.69) is 0 Å². The average Bonchev–Trinajstić information content (AvgIpc) is 2.84. The van der Waals surface area contributed by atoms with E-state index in [1.807, 2.05) is 6.07 Å². The van der Waals surface area contributed by atoms with Crippen LogP contribution in [0.4, 0.5) is 0 Å². The van der Waals surface area contributed by atoms with Crippen LogP contribution in [0.1, 0.15) is 18.4 Å². The van der Waals surface area contributed by atoms with Gasteiger partial charge in [0.25, 0.3) is 0 Å². The van der Waals surface area contributed by atoms with Crippen LogP contribution < -0.4 is 10.9 Å². The van der Waals surface area contributed by atoms with E-state index in [0.717, 1.165) is 18.4 Å². The summed E-state index contributed by atoms with van der Waals surface area (Å²) in [6.45, 7) is 0. The zero-order chi connectivity index (χ0) is 10.4. The molecule has 0 radical (unpaired) electrons. The molecule has 0 saturated heterocycles. The lowest BCUT2D eigenvalue weighted by Gasteiger charge is -2.09. The van der Waals surface area contributed by atoms with Crippen LogP contribution in [0.15, 0.2) is 29.2 Å². The number of rotatable bonds is 2. The van der Waals surface area contributed by atoms with Gasteiger partial charge in [-0.05, 0) is 30.5 Å². The molecular formula is C9H12N2O2S. The summed E-state index contributed by atoms with van der Waals surface area (Å²) in [6, 6.07) is 6.54. The molecule has 1 aliphatic rings. The number of hydrogen-bond acceptors (Lipinski definition) is 3. The monoisotopic (exact) mass is 212 g/mol. The number of benzene rings is 1. The van der Waals surface area contributed by atoms with Crippen LogP contribution >= 0.6 is 0 Å². The van der Waals surface area contributed by atoms with Gasteiger partial charge in [0, 0.05) is 5.54 Å². The summed E-state index contributed by atoms with van der Waals surface area (Å²) in [5.41, 5.74) is 6.48. The SMILES string of the molecule is NC1(c2cccc(S(N)(=O)=O)c2)CC1. The Morgan fingerprint density at radius 1 is 1.29 bits per heavy atom. The fourth-order valence-corrected chi connectivity index (χ4v) is 1.97. The third-order valence-corrected chi connectivity index (χ3v) is 3.44. The molecule has 0 aliphatic heterocycles. The number of hydrogen-bond donors (Lipinski definition) is 2. The topological polar surface area (TPSA) is 86.2 Å². The Balaban J connectivity index is 2.47. The average molecular weight is 212 g/mol. The van der Waals surface area contributed by atoms with E-state index < -0.39 is 10.0 Å². The van der Waals surface area contributed by atoms with E-state index in [1.54, 1.807) is 12.1 Å². The molecule has 2 rings (SSSR count). The van der Waals surface area contributed by atoms with Crippen molar-refractivity contribution in [1.29, 1.82) is 0 Å². The molecule has 0 bridgehead atoms. The van der Waals surface area contributed by atoms with Crippen LogP contribution in [0.2, 0.25) is 0 Å². The van der Waals surface area contributed by atoms with Crippen molar-refractivity contribution in [3.05, 3.63) is 29.8 Å². The minimum Gasteiger partial charge on any atom is -0.321 e. The molecule has 1 aromatic carbocycles. The van der Waals surface area contributed by atoms with Crippen LogP contribution in [0, 0.1) is 0 Å². The quantitative estimate of drug-likeness (QED) is 0.738. The van der Waals surface area contributed by atoms with Crippen LogP contribution in [-0.2, 0) is 15.6 Å². The van der Waals surface area contributed by atoms with Crippen molar-refractivity contribution in [2.45, 2.75) is 23.3 Å². The van der Waals surface area contributed by atoms with Crippen molar-refractivity contribution < 1.29 is 8.42 Å². The van der Waals surface area contributed by atoms with Gasteiger partial charge in [-0.1, -0.05) is 12.1 Å². The summed E-state index contributed by atoms with van der Waals surface area (Å²) in [6.07, 6.45) is 1.81. The molecule has 1 aromatic rings. The summed E-state index contributed by atoms with van der Waals surface area (Å²) < 4.78 is 22.1. The molecule has 0 spiro atoms. The molecule has 1 saturated carbocycles. The van der Waals surface area contributed by atoms with E-state index >= 15 is 0 Å². The lowest BCUT2D eigenvalue weighted by molar-refractivity contribution is 0.597. The molecule has 0 amide bonds. The van der Waals surface area contributed by atoms with Gasteiger partial charge in [-0.25, -0.2) is 13.6 Å². The van der Waals surface area contributed by atoms with Gasteiger partial charge in [0.15, 0.2) is 0 Å². The smallest absolute Gasteiger partial charge is 0.238 e. The second kappa shape index (κ2) is 2.79. The molecule has 4 nitrogen and oxygen atoms in total. The second-order valence-corrected chi connectivity index (χ2v) is 5.29. The van der Waals surface area contributed by atoms with Gasteiger partial charge >= 0.3 is 0 Å². The summed E-state index contributed by atoms with van der Waals surface area (Å²) >= 11 is 0. The molecule has 76 valence electrons. The highest BCUT2D eigenvalue weighted by Gasteiger charge is 2.40. The van der Waals surface area contributed by atoms with Crippen molar-refractivity contribution in [1.82, 2.24) is 0 Å². The van der Waals surface area contributed by atoms with Gasteiger partial charge in [0.05, 0.1) is 4.90 Å². The highest BCUT2D eigenvalue weighted by Crippen LogP contribution is 2.42. The summed E-state index contributed by atoms with van der Waals surface area (Å²) in [5.74, 6) is 0. The van der Waals surface area contributed by atoms with E-state index in [-0.39, 0.29) is 10.4 Å². The summed E-state index contributed by atoms with van der Waals surface area (Å²) in [7, 11) is -3.61. The van der Waals surface area contributed by atoms with Gasteiger partial charge in [-0.2, -0.15) is 0 Å². The largest absolute Gasteiger partial charge is 0.321 e. The fourth-order valence-electron chi connectivity index (χ4n) is 1.41. The molecule has 4 N–H and O–H groups in total. The molecule has 0 heterocycles. The molecule has 1 aliphatic carbocycles. The lowest BCUT2D eigenvalue weighted by Crippen LogP contribution is -2.20. The maximum Gasteiger partial charge on any atom is 0.238 e. The first-order chi connectivity index (χ1) is 6.42. The predicted octanol–water partition coefficient (Wildman–Crippen LogP) is 0.282. The highest BCUT2D eigenvalue weighted by atomic mass is 32.2. The molecule has 0 aromatic heterocycles. The van der Waals surface area contributed by atoms with Gasteiger partial charge in [-0.3, -0.25) is 0 Å². The molecule has 0 unspecified atom stereocenters. The summed E-state index contributed by atoms with van der Waals surface area (Å²) in [5, 5.41) is 5.02. The van der Waals surface area contributed by atoms with Crippen molar-refractivity contribution in [2.24, 2.45) is 10.9 Å². The number of nitrogens with two attached hydrogens (primary N) is 2. The highest BCUT2D eigenvalue weighted by molar-refractivity contribution is 7.89. The van der Waals surface area contributed by atoms with Crippen LogP contribution in [0.3, 0.4) is 0 Å². The van der Waals surface area contributed by atoms with Crippen LogP contribution in [-0.4, -0.2) is 8.42 Å². The summed E-state index contributed by atoms with van der Waals surface area (Å²) in [4.78, 5) is 0.131. The van der Waals surface area contributed by atoms with Gasteiger partial charge in [-0.15, -0.1) is 0 Å². The third kappa shape index (κ3) is 1.66. The van der Waals surface area contributed by atoms with Crippen molar-refractivity contribution in [3.8, 4) is 0 Å². The fraction of sp³-hybridized carbons (Fsp3) is 0.333. The van der Waals surface area contributed by atoms with Gasteiger partial charge in [0.1, 0.15) is 0 Å². The third-order valence-electron chi connectivity index (χ3n) is 2.53. The number of sulfonamides is 1. The number of primary sulfonamides is 1. The van der Waals surface area contributed by atoms with E-state index in [4.69, 9.17) is 10.9 Å². The van der Waals surface area contributed by atoms with Crippen molar-refractivity contribution >= 4 is 10.0 Å². The zero-order valence-corrected chi connectivity index (χ0v) is 8.42. The second-order valence-electron chi connectivity index (χ2n) is 3.73. The first kappa shape index (κ1) is 9.64. The molecule has 5 heteroatoms. The van der Waals surface area contributed by atoms with Crippen LogP contribution in [0.5, 0.6) is 0 Å². The molecule has 14 heavy (non-hydrogen) atoms. The zero-order valence-electron chi connectivity index (χ0n) is 7.60. The van der Waals surface area contributed by atoms with E-state index in [9.17, 15) is 8.42 Å². The molecular weight excluding hydrogens is 200 g/mol. The Kier molecular flexibility index (Phi) is 1.92. The minimum atomic E-state index is -3.61. The Bertz CT molecular complexity index is 463. The maximum absolute atomic E-state index is 11.1. The minimum absolute atomic E-state index is 0.131. The Morgan fingerprint density at radius 3 is 2.43 bits per heavy atom. The van der Waals surface area contributed by atoms with Crippen molar-refractivity contribution in [3.63, 3.8) is 0 Å². The normalized spacial score (nSPS) is 19.3. The van der Waals surface area contributed by atoms with Crippen LogP contribution in [0.25, 0.3) is 0 Å². The predicted molar refractivity (Wildman–Crippen MR) is 52.9 cm³/mol. The lowest BCUT2D eigenvalue weighted by atomic mass is 10.1. The van der Waals surface area contributed by atoms with Gasteiger partial charge < -0.3 is 5.73 Å². The Labute approximate surface area is 83.0 Å². The first-order valence-corrected chi connectivity index (χ1v) is 5.89. The van der Waals surface area contributed by atoms with E-state index in [1.165, 1.54) is 6.07 Å². The maximum atomic E-state index is 11.1. The Hall–Kier alpha value is -0.910. The van der Waals surface area contributed by atoms with Gasteiger partial charge in [0.2, 0.25) is 10.0 Å². The standard InChI is InChI=1S/C9H12N2O2S/c10-9(4-5-9)7-2-1-3-8(6-7)14(11,12)13/h1-3,6H,4-5,10H2,(H2,11,12,13).